The summed E-state index contributed by atoms with van der Waals surface area (Å²) < 4.78 is 2.01. The molecular weight excluding hydrogens is 350 g/mol. The van der Waals surface area contributed by atoms with Gasteiger partial charge in [0, 0.05) is 37.2 Å². The number of amides is 2. The van der Waals surface area contributed by atoms with Gasteiger partial charge < -0.3 is 14.4 Å². The van der Waals surface area contributed by atoms with E-state index >= 15 is 0 Å². The molecule has 1 fully saturated rings. The number of benzene rings is 1. The lowest BCUT2D eigenvalue weighted by molar-refractivity contribution is -0.142. The Bertz CT molecular complexity index is 817. The van der Waals surface area contributed by atoms with Crippen LogP contribution >= 0.6 is 0 Å². The average molecular weight is 386 g/mol. The van der Waals surface area contributed by atoms with Crippen molar-refractivity contribution in [2.75, 3.05) is 20.1 Å². The van der Waals surface area contributed by atoms with Crippen LogP contribution in [0.25, 0.3) is 10.9 Å². The first-order valence-corrected chi connectivity index (χ1v) is 10.1. The van der Waals surface area contributed by atoms with Crippen molar-refractivity contribution in [1.29, 1.82) is 0 Å². The number of likely N-dealkylation sites (tertiary alicyclic amines) is 1. The van der Waals surface area contributed by atoms with Crippen molar-refractivity contribution >= 4 is 22.7 Å². The van der Waals surface area contributed by atoms with Gasteiger partial charge in [0.1, 0.15) is 6.54 Å². The number of aryl methyl sites for hydroxylation is 2. The van der Waals surface area contributed by atoms with Crippen LogP contribution in [0.2, 0.25) is 0 Å². The van der Waals surface area contributed by atoms with Crippen molar-refractivity contribution in [2.45, 2.75) is 54.1 Å². The molecule has 1 aliphatic heterocycles. The summed E-state index contributed by atoms with van der Waals surface area (Å²) >= 11 is 0. The Morgan fingerprint density at radius 3 is 2.36 bits per heavy atom. The minimum absolute atomic E-state index is 0.0585. The summed E-state index contributed by atoms with van der Waals surface area (Å²) in [5.41, 5.74) is 3.47. The molecule has 0 N–H and O–H groups in total. The molecule has 1 aliphatic rings. The summed E-state index contributed by atoms with van der Waals surface area (Å²) in [4.78, 5) is 27.5. The third-order valence-electron chi connectivity index (χ3n) is 4.83. The smallest absolute Gasteiger partial charge is 0.246 e. The van der Waals surface area contributed by atoms with Crippen molar-refractivity contribution in [3.8, 4) is 0 Å². The number of likely N-dealkylation sites (N-methyl/N-ethyl adjacent to an activating group) is 1. The maximum atomic E-state index is 12.6. The van der Waals surface area contributed by atoms with Gasteiger partial charge in [-0.15, -0.1) is 0 Å². The maximum absolute atomic E-state index is 12.6. The van der Waals surface area contributed by atoms with E-state index in [-0.39, 0.29) is 17.9 Å². The van der Waals surface area contributed by atoms with Crippen LogP contribution in [0.15, 0.2) is 37.1 Å². The minimum atomic E-state index is -0.0745. The van der Waals surface area contributed by atoms with Gasteiger partial charge in [-0.3, -0.25) is 9.59 Å². The first-order chi connectivity index (χ1) is 13.4. The van der Waals surface area contributed by atoms with Crippen LogP contribution in [-0.2, 0) is 16.1 Å². The van der Waals surface area contributed by atoms with Crippen LogP contribution in [0.5, 0.6) is 0 Å². The highest BCUT2D eigenvalue weighted by molar-refractivity contribution is 5.88. The summed E-state index contributed by atoms with van der Waals surface area (Å²) in [5.74, 6) is -0.0160. The highest BCUT2D eigenvalue weighted by atomic mass is 16.2. The molecule has 0 radical (unpaired) electrons. The lowest BCUT2D eigenvalue weighted by atomic mass is 10.1. The van der Waals surface area contributed by atoms with Crippen LogP contribution in [-0.4, -0.2) is 52.4 Å². The topological polar surface area (TPSA) is 45.6 Å². The van der Waals surface area contributed by atoms with Crippen LogP contribution < -0.4 is 0 Å². The molecule has 154 valence electrons. The fraction of sp³-hybridized carbons (Fsp3) is 0.478. The van der Waals surface area contributed by atoms with E-state index in [0.717, 1.165) is 5.52 Å². The maximum Gasteiger partial charge on any atom is 0.246 e. The monoisotopic (exact) mass is 385 g/mol. The van der Waals surface area contributed by atoms with Gasteiger partial charge in [-0.25, -0.2) is 0 Å². The summed E-state index contributed by atoms with van der Waals surface area (Å²) in [6.07, 6.45) is 3.35. The highest BCUT2D eigenvalue weighted by Gasteiger charge is 2.34. The number of carbonyl (C=O) groups excluding carboxylic acids is 2. The third kappa shape index (κ3) is 5.03. The Balaban J connectivity index is 0.000000921. The number of aromatic nitrogens is 1. The zero-order valence-electron chi connectivity index (χ0n) is 18.5. The van der Waals surface area contributed by atoms with Gasteiger partial charge in [0.2, 0.25) is 11.8 Å². The first kappa shape index (κ1) is 23.5. The van der Waals surface area contributed by atoms with Gasteiger partial charge >= 0.3 is 0 Å². The van der Waals surface area contributed by atoms with Gasteiger partial charge in [-0.1, -0.05) is 45.9 Å². The molecule has 0 unspecified atom stereocenters. The van der Waals surface area contributed by atoms with Gasteiger partial charge in [0.15, 0.2) is 0 Å². The van der Waals surface area contributed by atoms with Crippen LogP contribution in [0.1, 0.15) is 38.8 Å². The molecule has 0 aliphatic carbocycles. The van der Waals surface area contributed by atoms with Gasteiger partial charge in [0.05, 0.1) is 6.04 Å². The van der Waals surface area contributed by atoms with Crippen molar-refractivity contribution in [1.82, 2.24) is 14.4 Å². The molecule has 1 aromatic heterocycles. The SMILES string of the molecule is C=CC(=O)N1CC(N(C)C(=O)Cn2cc(C)c3cc(C)ccc32)C1.CC.CC. The second-order valence-electron chi connectivity index (χ2n) is 6.57. The van der Waals surface area contributed by atoms with E-state index in [2.05, 4.69) is 38.6 Å². The fourth-order valence-electron chi connectivity index (χ4n) is 3.19. The second-order valence-corrected chi connectivity index (χ2v) is 6.57. The number of carbonyl (C=O) groups is 2. The Kier molecular flexibility index (Phi) is 8.97. The van der Waals surface area contributed by atoms with E-state index in [1.54, 1.807) is 9.80 Å². The van der Waals surface area contributed by atoms with Crippen LogP contribution in [0.3, 0.4) is 0 Å². The molecule has 0 atom stereocenters. The van der Waals surface area contributed by atoms with Crippen LogP contribution in [0, 0.1) is 13.8 Å². The number of fused-ring (bicyclic) bond motifs is 1. The molecule has 5 heteroatoms. The third-order valence-corrected chi connectivity index (χ3v) is 4.83. The van der Waals surface area contributed by atoms with Gasteiger partial charge in [0.25, 0.3) is 0 Å². The Labute approximate surface area is 169 Å². The predicted octanol–water partition coefficient (Wildman–Crippen LogP) is 4.17. The molecule has 0 bridgehead atoms. The van der Waals surface area contributed by atoms with Crippen molar-refractivity contribution in [3.63, 3.8) is 0 Å². The number of nitrogens with zero attached hydrogens (tertiary/aromatic N) is 3. The number of hydrogen-bond donors (Lipinski definition) is 0. The molecule has 5 nitrogen and oxygen atoms in total. The van der Waals surface area contributed by atoms with E-state index in [4.69, 9.17) is 0 Å². The zero-order chi connectivity index (χ0) is 21.4. The van der Waals surface area contributed by atoms with E-state index in [0.29, 0.717) is 19.6 Å². The van der Waals surface area contributed by atoms with Crippen molar-refractivity contribution in [3.05, 3.63) is 48.2 Å². The van der Waals surface area contributed by atoms with E-state index in [9.17, 15) is 9.59 Å². The van der Waals surface area contributed by atoms with Crippen molar-refractivity contribution in [2.24, 2.45) is 0 Å². The average Bonchev–Trinajstić information content (AvgIpc) is 2.98. The van der Waals surface area contributed by atoms with E-state index in [1.165, 1.54) is 22.6 Å². The molecule has 0 saturated carbocycles. The number of hydrogen-bond acceptors (Lipinski definition) is 2. The Hall–Kier alpha value is -2.56. The molecule has 28 heavy (non-hydrogen) atoms. The largest absolute Gasteiger partial charge is 0.338 e. The summed E-state index contributed by atoms with van der Waals surface area (Å²) in [6.45, 7) is 17.1. The molecule has 1 saturated heterocycles. The predicted molar refractivity (Wildman–Crippen MR) is 117 cm³/mol. The Morgan fingerprint density at radius 1 is 1.18 bits per heavy atom. The summed E-state index contributed by atoms with van der Waals surface area (Å²) in [6, 6.07) is 6.38. The second kappa shape index (κ2) is 10.7. The standard InChI is InChI=1S/C19H23N3O2.2C2H6/c1-5-18(23)22-10-15(11-22)20(4)19(24)12-21-9-14(3)16-8-13(2)6-7-17(16)21;2*1-2/h5-9,15H,1,10-12H2,2-4H3;2*1-2H3. The molecule has 2 aromatic rings. The summed E-state index contributed by atoms with van der Waals surface area (Å²) in [5, 5.41) is 1.19. The molecular formula is C23H35N3O2. The van der Waals surface area contributed by atoms with E-state index in [1.807, 2.05) is 45.5 Å². The molecule has 2 heterocycles. The highest BCUT2D eigenvalue weighted by Crippen LogP contribution is 2.22. The molecule has 2 amide bonds. The summed E-state index contributed by atoms with van der Waals surface area (Å²) in [7, 11) is 1.81. The quantitative estimate of drug-likeness (QED) is 0.742. The zero-order valence-corrected chi connectivity index (χ0v) is 18.5. The molecule has 0 spiro atoms. The minimum Gasteiger partial charge on any atom is -0.338 e. The molecule has 3 rings (SSSR count). The first-order valence-electron chi connectivity index (χ1n) is 10.1. The van der Waals surface area contributed by atoms with Crippen molar-refractivity contribution < 1.29 is 9.59 Å². The lowest BCUT2D eigenvalue weighted by Crippen LogP contribution is -2.61. The normalized spacial score (nSPS) is 12.9. The van der Waals surface area contributed by atoms with E-state index < -0.39 is 0 Å². The van der Waals surface area contributed by atoms with Crippen LogP contribution in [0.4, 0.5) is 0 Å². The Morgan fingerprint density at radius 2 is 1.79 bits per heavy atom. The lowest BCUT2D eigenvalue weighted by Gasteiger charge is -2.43. The fourth-order valence-corrected chi connectivity index (χ4v) is 3.19. The number of rotatable bonds is 4. The van der Waals surface area contributed by atoms with Gasteiger partial charge in [-0.2, -0.15) is 0 Å². The van der Waals surface area contributed by atoms with Gasteiger partial charge in [-0.05, 0) is 37.6 Å². The molecule has 1 aromatic carbocycles.